The Morgan fingerprint density at radius 2 is 0.863 bits per heavy atom. The van der Waals surface area contributed by atoms with Crippen LogP contribution in [0.2, 0.25) is 0 Å². The van der Waals surface area contributed by atoms with Crippen LogP contribution in [-0.2, 0) is 66.5 Å². The summed E-state index contributed by atoms with van der Waals surface area (Å²) in [6, 6.07) is -0.345. The zero-order valence-electron chi connectivity index (χ0n) is 30.2. The van der Waals surface area contributed by atoms with Crippen LogP contribution in [0.1, 0.15) is 25.7 Å². The Morgan fingerprint density at radius 3 is 1.22 bits per heavy atom. The number of hydrogen-bond donors (Lipinski definition) is 5. The Bertz CT molecular complexity index is 845. The largest absolute Gasteiger partial charge is 0.481 e. The highest BCUT2D eigenvalue weighted by Crippen LogP contribution is 1.99. The van der Waals surface area contributed by atoms with Crippen LogP contribution in [0.4, 0.5) is 0 Å². The minimum absolute atomic E-state index is 0.0334. The summed E-state index contributed by atoms with van der Waals surface area (Å²) in [7, 11) is 1.69. The van der Waals surface area contributed by atoms with Crippen molar-refractivity contribution in [3.63, 3.8) is 0 Å². The van der Waals surface area contributed by atoms with Gasteiger partial charge < -0.3 is 74.2 Å². The highest BCUT2D eigenvalue weighted by Gasteiger charge is 2.11. The Labute approximate surface area is 301 Å². The number of aliphatic carboxylic acids is 1. The first-order valence-corrected chi connectivity index (χ1v) is 17.4. The van der Waals surface area contributed by atoms with Crippen LogP contribution in [-0.4, -0.2) is 187 Å². The van der Waals surface area contributed by atoms with Crippen molar-refractivity contribution in [2.24, 2.45) is 5.73 Å². The number of carbonyl (C=O) groups is 4. The Kier molecular flexibility index (Phi) is 36.7. The van der Waals surface area contributed by atoms with Crippen molar-refractivity contribution < 1.29 is 71.7 Å². The molecular formula is C32H62N4O15. The first-order chi connectivity index (χ1) is 24.9. The van der Waals surface area contributed by atoms with Crippen LogP contribution < -0.4 is 21.7 Å². The predicted molar refractivity (Wildman–Crippen MR) is 182 cm³/mol. The van der Waals surface area contributed by atoms with Crippen molar-refractivity contribution in [3.8, 4) is 0 Å². The quantitative estimate of drug-likeness (QED) is 0.0340. The molecule has 0 radical (unpaired) electrons. The lowest BCUT2D eigenvalue weighted by Crippen LogP contribution is -2.39. The lowest BCUT2D eigenvalue weighted by atomic mass is 10.1. The van der Waals surface area contributed by atoms with Crippen LogP contribution in [0.5, 0.6) is 0 Å². The maximum atomic E-state index is 11.8. The van der Waals surface area contributed by atoms with Gasteiger partial charge in [-0.3, -0.25) is 19.2 Å². The van der Waals surface area contributed by atoms with Gasteiger partial charge >= 0.3 is 5.97 Å². The fraction of sp³-hybridized carbons (Fsp3) is 0.875. The van der Waals surface area contributed by atoms with E-state index in [1.54, 1.807) is 7.05 Å². The summed E-state index contributed by atoms with van der Waals surface area (Å²) in [5.74, 6) is -2.29. The Hall–Kier alpha value is -2.56. The van der Waals surface area contributed by atoms with E-state index in [4.69, 9.17) is 58.2 Å². The fourth-order valence-corrected chi connectivity index (χ4v) is 3.79. The second kappa shape index (κ2) is 38.7. The molecule has 1 atom stereocenters. The predicted octanol–water partition coefficient (Wildman–Crippen LogP) is -1.90. The van der Waals surface area contributed by atoms with Crippen molar-refractivity contribution in [1.82, 2.24) is 16.0 Å². The molecule has 0 bridgehead atoms. The number of carbonyl (C=O) groups excluding carboxylic acids is 3. The molecule has 0 spiro atoms. The van der Waals surface area contributed by atoms with Gasteiger partial charge in [0.2, 0.25) is 17.7 Å². The van der Waals surface area contributed by atoms with E-state index in [1.807, 2.05) is 0 Å². The number of hydrogen-bond acceptors (Lipinski definition) is 15. The Balaban J connectivity index is 3.18. The second-order valence-corrected chi connectivity index (χ2v) is 10.6. The van der Waals surface area contributed by atoms with Gasteiger partial charge in [0.05, 0.1) is 132 Å². The third-order valence-electron chi connectivity index (χ3n) is 6.40. The summed E-state index contributed by atoms with van der Waals surface area (Å²) >= 11 is 0. The van der Waals surface area contributed by atoms with Gasteiger partial charge in [-0.25, -0.2) is 0 Å². The summed E-state index contributed by atoms with van der Waals surface area (Å²) in [6.45, 7) is 8.64. The number of unbranched alkanes of at least 4 members (excludes halogenated alkanes) is 1. The summed E-state index contributed by atoms with van der Waals surface area (Å²) in [6.07, 6.45) is 1.60. The van der Waals surface area contributed by atoms with E-state index >= 15 is 0 Å². The third kappa shape index (κ3) is 38.5. The molecule has 19 nitrogen and oxygen atoms in total. The molecule has 51 heavy (non-hydrogen) atoms. The molecule has 6 N–H and O–H groups in total. The first-order valence-electron chi connectivity index (χ1n) is 17.4. The molecule has 1 unspecified atom stereocenters. The van der Waals surface area contributed by atoms with Gasteiger partial charge in [0.15, 0.2) is 0 Å². The van der Waals surface area contributed by atoms with Gasteiger partial charge in [-0.1, -0.05) is 0 Å². The maximum Gasteiger partial charge on any atom is 0.312 e. The molecule has 0 saturated carbocycles. The number of nitrogens with two attached hydrogens (primary N) is 1. The van der Waals surface area contributed by atoms with Crippen molar-refractivity contribution in [2.45, 2.75) is 31.7 Å². The standard InChI is InChI=1S/C32H62N4O15/c1-34-28(32(33)41)4-2-3-5-35-30(38)27-51-25-24-50-23-22-49-21-20-48-19-18-47-17-16-46-15-14-45-13-12-44-11-10-43-9-8-42-7-6-36-29(37)26-31(39)40/h28,34H,2-27H2,1H3,(H2,33,41)(H,35,38)(H,36,37)(H,39,40). The van der Waals surface area contributed by atoms with Gasteiger partial charge in [-0.05, 0) is 26.3 Å². The molecule has 0 aliphatic rings. The normalized spacial score (nSPS) is 11.8. The number of likely N-dealkylation sites (N-methyl/N-ethyl adjacent to an activating group) is 1. The zero-order chi connectivity index (χ0) is 37.5. The average molecular weight is 743 g/mol. The molecule has 0 aliphatic heterocycles. The SMILES string of the molecule is CNC(CCCCNC(=O)COCCOCCOCCOCCOCCOCCOCCOCCOCCOCCNC(=O)CC(=O)O)C(N)=O. The molecule has 0 saturated heterocycles. The highest BCUT2D eigenvalue weighted by molar-refractivity contribution is 5.93. The third-order valence-corrected chi connectivity index (χ3v) is 6.40. The average Bonchev–Trinajstić information content (AvgIpc) is 3.09. The molecule has 0 rings (SSSR count). The van der Waals surface area contributed by atoms with Crippen LogP contribution in [0.25, 0.3) is 0 Å². The molecule has 19 heteroatoms. The highest BCUT2D eigenvalue weighted by atomic mass is 16.6. The molecule has 0 aromatic heterocycles. The Morgan fingerprint density at radius 1 is 0.510 bits per heavy atom. The van der Waals surface area contributed by atoms with Crippen LogP contribution in [0, 0.1) is 0 Å². The molecule has 0 aromatic carbocycles. The summed E-state index contributed by atoms with van der Waals surface area (Å²) in [4.78, 5) is 44.4. The zero-order valence-corrected chi connectivity index (χ0v) is 30.2. The molecule has 300 valence electrons. The molecular weight excluding hydrogens is 680 g/mol. The van der Waals surface area contributed by atoms with Gasteiger partial charge in [0.25, 0.3) is 0 Å². The van der Waals surface area contributed by atoms with E-state index in [2.05, 4.69) is 16.0 Å². The van der Waals surface area contributed by atoms with Crippen molar-refractivity contribution in [1.29, 1.82) is 0 Å². The van der Waals surface area contributed by atoms with Crippen LogP contribution in [0.3, 0.4) is 0 Å². The van der Waals surface area contributed by atoms with E-state index in [0.29, 0.717) is 132 Å². The lowest BCUT2D eigenvalue weighted by molar-refractivity contribution is -0.140. The minimum atomic E-state index is -1.17. The van der Waals surface area contributed by atoms with Crippen LogP contribution >= 0.6 is 0 Å². The number of ether oxygens (including phenoxy) is 10. The molecule has 0 aromatic rings. The van der Waals surface area contributed by atoms with Crippen LogP contribution in [0.15, 0.2) is 0 Å². The van der Waals surface area contributed by atoms with Gasteiger partial charge in [-0.2, -0.15) is 0 Å². The number of carboxylic acids is 1. The topological polar surface area (TPSA) is 243 Å². The molecule has 3 amide bonds. The fourth-order valence-electron chi connectivity index (χ4n) is 3.79. The molecule has 0 heterocycles. The maximum absolute atomic E-state index is 11.8. The smallest absolute Gasteiger partial charge is 0.312 e. The lowest BCUT2D eigenvalue weighted by Gasteiger charge is -2.12. The van der Waals surface area contributed by atoms with E-state index in [9.17, 15) is 19.2 Å². The van der Waals surface area contributed by atoms with E-state index in [1.165, 1.54) is 0 Å². The first kappa shape index (κ1) is 48.4. The minimum Gasteiger partial charge on any atom is -0.481 e. The second-order valence-electron chi connectivity index (χ2n) is 10.6. The van der Waals surface area contributed by atoms with Gasteiger partial charge in [0, 0.05) is 13.1 Å². The monoisotopic (exact) mass is 742 g/mol. The number of amides is 3. The van der Waals surface area contributed by atoms with Gasteiger partial charge in [-0.15, -0.1) is 0 Å². The van der Waals surface area contributed by atoms with Crippen molar-refractivity contribution in [2.75, 3.05) is 152 Å². The summed E-state index contributed by atoms with van der Waals surface area (Å²) < 4.78 is 54.0. The number of rotatable bonds is 41. The summed E-state index contributed by atoms with van der Waals surface area (Å²) in [5.41, 5.74) is 5.27. The number of primary amides is 1. The van der Waals surface area contributed by atoms with Gasteiger partial charge in [0.1, 0.15) is 13.0 Å². The molecule has 0 fully saturated rings. The number of carboxylic acid groups (broad SMARTS) is 1. The van der Waals surface area contributed by atoms with Crippen molar-refractivity contribution >= 4 is 23.7 Å². The van der Waals surface area contributed by atoms with E-state index < -0.39 is 18.3 Å². The van der Waals surface area contributed by atoms with E-state index in [0.717, 1.165) is 12.8 Å². The summed E-state index contributed by atoms with van der Waals surface area (Å²) in [5, 5.41) is 16.5. The van der Waals surface area contributed by atoms with Crippen molar-refractivity contribution in [3.05, 3.63) is 0 Å². The number of nitrogens with one attached hydrogen (secondary N) is 3. The van der Waals surface area contributed by atoms with E-state index in [-0.39, 0.29) is 37.6 Å². The molecule has 0 aliphatic carbocycles.